The topological polar surface area (TPSA) is 113 Å². The maximum Gasteiger partial charge on any atom is 0.248 e. The lowest BCUT2D eigenvalue weighted by molar-refractivity contribution is -0.139. The van der Waals surface area contributed by atoms with Crippen molar-refractivity contribution in [1.29, 1.82) is 0 Å². The van der Waals surface area contributed by atoms with Crippen molar-refractivity contribution >= 4 is 17.8 Å². The molecule has 3 heterocycles. The van der Waals surface area contributed by atoms with Gasteiger partial charge < -0.3 is 20.6 Å². The first-order valence-electron chi connectivity index (χ1n) is 11.9. The molecule has 2 aliphatic heterocycles. The average Bonchev–Trinajstić information content (AvgIpc) is 3.15. The van der Waals surface area contributed by atoms with E-state index in [-0.39, 0.29) is 23.5 Å². The van der Waals surface area contributed by atoms with Crippen molar-refractivity contribution in [3.8, 4) is 11.1 Å². The second-order valence-corrected chi connectivity index (χ2v) is 9.73. The number of nitrogens with two attached hydrogens (primary N) is 1. The highest BCUT2D eigenvalue weighted by atomic mass is 16.3. The summed E-state index contributed by atoms with van der Waals surface area (Å²) in [5, 5.41) is 9.82. The van der Waals surface area contributed by atoms with Gasteiger partial charge in [-0.3, -0.25) is 9.59 Å². The minimum atomic E-state index is -0.451. The first-order valence-corrected chi connectivity index (χ1v) is 11.9. The highest BCUT2D eigenvalue weighted by Crippen LogP contribution is 2.43. The molecule has 174 valence electrons. The molecule has 1 spiro atoms. The standard InChI is InChI=1S/C25H31N5O3/c26-22(32)18-4-2-17(3-5-18)19-14-27-24(28-15-19)29-12-1-10-25(16-29)11-13-30(23(25)33)20-6-8-21(31)9-7-20/h2-5,14-15,20-21,31H,1,6-13,16H2,(H2,26,32)/t20?,21?,25-/m1/s1. The Balaban J connectivity index is 1.28. The van der Waals surface area contributed by atoms with Crippen molar-refractivity contribution < 1.29 is 14.7 Å². The van der Waals surface area contributed by atoms with Gasteiger partial charge in [-0.25, -0.2) is 9.97 Å². The molecule has 3 N–H and O–H groups in total. The fourth-order valence-electron chi connectivity index (χ4n) is 5.71. The van der Waals surface area contributed by atoms with Crippen molar-refractivity contribution in [2.75, 3.05) is 24.5 Å². The van der Waals surface area contributed by atoms with E-state index in [1.807, 2.05) is 12.1 Å². The van der Waals surface area contributed by atoms with Crippen LogP contribution in [0.1, 0.15) is 55.3 Å². The van der Waals surface area contributed by atoms with Crippen LogP contribution in [0.5, 0.6) is 0 Å². The first-order chi connectivity index (χ1) is 15.9. The Hall–Kier alpha value is -3.00. The van der Waals surface area contributed by atoms with Crippen LogP contribution in [0.25, 0.3) is 11.1 Å². The molecule has 5 rings (SSSR count). The van der Waals surface area contributed by atoms with Gasteiger partial charge in [0.25, 0.3) is 0 Å². The largest absolute Gasteiger partial charge is 0.393 e. The van der Waals surface area contributed by atoms with E-state index in [0.29, 0.717) is 18.1 Å². The van der Waals surface area contributed by atoms with Gasteiger partial charge in [-0.2, -0.15) is 0 Å². The Kier molecular flexibility index (Phi) is 5.78. The van der Waals surface area contributed by atoms with Crippen LogP contribution in [-0.4, -0.2) is 63.6 Å². The third kappa shape index (κ3) is 4.19. The summed E-state index contributed by atoms with van der Waals surface area (Å²) < 4.78 is 0. The molecular weight excluding hydrogens is 418 g/mol. The number of rotatable bonds is 4. The number of hydrogen-bond acceptors (Lipinski definition) is 6. The molecule has 1 saturated carbocycles. The normalized spacial score (nSPS) is 27.8. The fourth-order valence-corrected chi connectivity index (χ4v) is 5.71. The molecule has 1 aliphatic carbocycles. The number of piperidine rings is 1. The van der Waals surface area contributed by atoms with Gasteiger partial charge >= 0.3 is 0 Å². The number of benzene rings is 1. The molecule has 33 heavy (non-hydrogen) atoms. The number of primary amides is 1. The Labute approximate surface area is 193 Å². The molecule has 1 aromatic heterocycles. The van der Waals surface area contributed by atoms with Crippen molar-refractivity contribution in [3.05, 3.63) is 42.2 Å². The molecule has 3 fully saturated rings. The van der Waals surface area contributed by atoms with Gasteiger partial charge in [0.15, 0.2) is 0 Å². The van der Waals surface area contributed by atoms with Crippen molar-refractivity contribution in [2.45, 2.75) is 57.1 Å². The fraction of sp³-hybridized carbons (Fsp3) is 0.520. The zero-order valence-electron chi connectivity index (χ0n) is 18.8. The molecule has 1 aromatic carbocycles. The molecule has 3 aliphatic rings. The summed E-state index contributed by atoms with van der Waals surface area (Å²) in [4.78, 5) is 38.2. The Morgan fingerprint density at radius 3 is 2.36 bits per heavy atom. The van der Waals surface area contributed by atoms with Crippen LogP contribution < -0.4 is 10.6 Å². The van der Waals surface area contributed by atoms with E-state index in [4.69, 9.17) is 5.73 Å². The summed E-state index contributed by atoms with van der Waals surface area (Å²) in [5.74, 6) is 0.478. The second kappa shape index (κ2) is 8.74. The summed E-state index contributed by atoms with van der Waals surface area (Å²) in [5.41, 5.74) is 7.22. The van der Waals surface area contributed by atoms with Crippen LogP contribution in [0.3, 0.4) is 0 Å². The number of hydrogen-bond donors (Lipinski definition) is 2. The molecule has 0 radical (unpaired) electrons. The van der Waals surface area contributed by atoms with Crippen molar-refractivity contribution in [1.82, 2.24) is 14.9 Å². The molecule has 8 nitrogen and oxygen atoms in total. The predicted molar refractivity (Wildman–Crippen MR) is 124 cm³/mol. The monoisotopic (exact) mass is 449 g/mol. The highest BCUT2D eigenvalue weighted by Gasteiger charge is 2.51. The summed E-state index contributed by atoms with van der Waals surface area (Å²) in [7, 11) is 0. The lowest BCUT2D eigenvalue weighted by atomic mass is 9.78. The summed E-state index contributed by atoms with van der Waals surface area (Å²) in [6.07, 6.45) is 9.50. The number of carbonyl (C=O) groups is 2. The number of likely N-dealkylation sites (tertiary alicyclic amines) is 1. The number of anilines is 1. The number of nitrogens with zero attached hydrogens (tertiary/aromatic N) is 4. The van der Waals surface area contributed by atoms with Gasteiger partial charge in [0, 0.05) is 49.2 Å². The van der Waals surface area contributed by atoms with E-state index in [2.05, 4.69) is 19.8 Å². The van der Waals surface area contributed by atoms with E-state index in [9.17, 15) is 14.7 Å². The van der Waals surface area contributed by atoms with Crippen LogP contribution in [0, 0.1) is 5.41 Å². The number of aromatic nitrogens is 2. The summed E-state index contributed by atoms with van der Waals surface area (Å²) in [6, 6.07) is 7.34. The van der Waals surface area contributed by atoms with Crippen LogP contribution in [0.2, 0.25) is 0 Å². The molecule has 2 amide bonds. The van der Waals surface area contributed by atoms with Crippen LogP contribution in [0.4, 0.5) is 5.95 Å². The maximum absolute atomic E-state index is 13.5. The lowest BCUT2D eigenvalue weighted by Crippen LogP contribution is -2.50. The molecule has 8 heteroatoms. The number of aliphatic hydroxyl groups excluding tert-OH is 1. The van der Waals surface area contributed by atoms with Gasteiger partial charge in [0.1, 0.15) is 0 Å². The highest BCUT2D eigenvalue weighted by molar-refractivity contribution is 5.93. The molecule has 0 bridgehead atoms. The van der Waals surface area contributed by atoms with E-state index >= 15 is 0 Å². The Morgan fingerprint density at radius 1 is 1.00 bits per heavy atom. The molecule has 2 saturated heterocycles. The van der Waals surface area contributed by atoms with E-state index in [1.165, 1.54) is 0 Å². The number of carbonyl (C=O) groups excluding carboxylic acids is 2. The smallest absolute Gasteiger partial charge is 0.248 e. The van der Waals surface area contributed by atoms with E-state index in [1.54, 1.807) is 24.5 Å². The SMILES string of the molecule is NC(=O)c1ccc(-c2cnc(N3CCC[C@@]4(CCN(C5CCC(O)CC5)C4=O)C3)nc2)cc1. The number of aliphatic hydroxyl groups is 1. The summed E-state index contributed by atoms with van der Waals surface area (Å²) in [6.45, 7) is 2.32. The van der Waals surface area contributed by atoms with Gasteiger partial charge in [0.05, 0.1) is 11.5 Å². The summed E-state index contributed by atoms with van der Waals surface area (Å²) >= 11 is 0. The Bertz CT molecular complexity index is 1020. The molecule has 0 unspecified atom stereocenters. The first kappa shape index (κ1) is 21.8. The van der Waals surface area contributed by atoms with Gasteiger partial charge in [0.2, 0.25) is 17.8 Å². The zero-order chi connectivity index (χ0) is 23.0. The second-order valence-electron chi connectivity index (χ2n) is 9.73. The average molecular weight is 450 g/mol. The van der Waals surface area contributed by atoms with E-state index in [0.717, 1.165) is 69.2 Å². The molecular formula is C25H31N5O3. The molecule has 1 atom stereocenters. The predicted octanol–water partition coefficient (Wildman–Crippen LogP) is 2.36. The third-order valence-corrected chi connectivity index (χ3v) is 7.65. The quantitative estimate of drug-likeness (QED) is 0.741. The minimum absolute atomic E-state index is 0.209. The third-order valence-electron chi connectivity index (χ3n) is 7.65. The van der Waals surface area contributed by atoms with Crippen LogP contribution in [0.15, 0.2) is 36.7 Å². The van der Waals surface area contributed by atoms with Crippen molar-refractivity contribution in [3.63, 3.8) is 0 Å². The van der Waals surface area contributed by atoms with Gasteiger partial charge in [-0.15, -0.1) is 0 Å². The van der Waals surface area contributed by atoms with Crippen molar-refractivity contribution in [2.24, 2.45) is 11.1 Å². The minimum Gasteiger partial charge on any atom is -0.393 e. The number of amides is 2. The van der Waals surface area contributed by atoms with Crippen LogP contribution >= 0.6 is 0 Å². The van der Waals surface area contributed by atoms with E-state index < -0.39 is 5.91 Å². The Morgan fingerprint density at radius 2 is 1.70 bits per heavy atom. The van der Waals surface area contributed by atoms with Gasteiger partial charge in [-0.1, -0.05) is 12.1 Å². The zero-order valence-corrected chi connectivity index (χ0v) is 18.8. The lowest BCUT2D eigenvalue weighted by Gasteiger charge is -2.40. The molecule has 2 aromatic rings. The van der Waals surface area contributed by atoms with Crippen LogP contribution in [-0.2, 0) is 4.79 Å². The maximum atomic E-state index is 13.5. The van der Waals surface area contributed by atoms with Gasteiger partial charge in [-0.05, 0) is 62.6 Å².